The average molecular weight is 178 g/mol. The lowest BCUT2D eigenvalue weighted by Gasteiger charge is -2.09. The van der Waals surface area contributed by atoms with Gasteiger partial charge in [0.25, 0.3) is 0 Å². The average Bonchev–Trinajstić information content (AvgIpc) is 2.20. The quantitative estimate of drug-likeness (QED) is 0.662. The number of hydrogen-bond donors (Lipinski definition) is 0. The predicted octanol–water partition coefficient (Wildman–Crippen LogP) is 2.67. The summed E-state index contributed by atoms with van der Waals surface area (Å²) in [4.78, 5) is 0. The molecule has 0 bridgehead atoms. The fourth-order valence-corrected chi connectivity index (χ4v) is 1.15. The van der Waals surface area contributed by atoms with Gasteiger partial charge in [-0.3, -0.25) is 0 Å². The third-order valence-electron chi connectivity index (χ3n) is 1.87. The Kier molecular flexibility index (Phi) is 3.38. The summed E-state index contributed by atoms with van der Waals surface area (Å²) in [5, 5.41) is 0. The van der Waals surface area contributed by atoms with Gasteiger partial charge >= 0.3 is 0 Å². The molecular formula is C11H14O2. The molecule has 1 aromatic rings. The van der Waals surface area contributed by atoms with E-state index in [0.29, 0.717) is 0 Å². The zero-order valence-corrected chi connectivity index (χ0v) is 8.20. The smallest absolute Gasteiger partial charge is 0.163 e. The number of ether oxygens (including phenoxy) is 2. The first-order valence-electron chi connectivity index (χ1n) is 4.14. The molecule has 0 aliphatic heterocycles. The highest BCUT2D eigenvalue weighted by molar-refractivity contribution is 5.61. The molecule has 13 heavy (non-hydrogen) atoms. The predicted molar refractivity (Wildman–Crippen MR) is 53.1 cm³/mol. The number of allylic oxidation sites excluding steroid dienone is 1. The van der Waals surface area contributed by atoms with Crippen LogP contribution in [0.15, 0.2) is 36.1 Å². The van der Waals surface area contributed by atoms with Crippen molar-refractivity contribution in [2.24, 2.45) is 0 Å². The van der Waals surface area contributed by atoms with Crippen LogP contribution in [0.25, 0.3) is 5.76 Å². The first-order chi connectivity index (χ1) is 6.29. The van der Waals surface area contributed by atoms with E-state index in [1.165, 1.54) is 0 Å². The standard InChI is InChI=1S/C11H14O2/c1-9(12-2)11(13-3)10-7-5-4-6-8-10/h4-8H,1-3H3. The van der Waals surface area contributed by atoms with E-state index in [-0.39, 0.29) is 0 Å². The van der Waals surface area contributed by atoms with Gasteiger partial charge in [-0.25, -0.2) is 0 Å². The zero-order valence-electron chi connectivity index (χ0n) is 8.20. The normalized spacial score (nSPS) is 11.9. The maximum Gasteiger partial charge on any atom is 0.163 e. The third kappa shape index (κ3) is 2.25. The second-order valence-electron chi connectivity index (χ2n) is 2.66. The molecule has 1 rings (SSSR count). The molecule has 0 amide bonds. The molecule has 0 fully saturated rings. The van der Waals surface area contributed by atoms with Gasteiger partial charge < -0.3 is 9.47 Å². The zero-order chi connectivity index (χ0) is 9.68. The Labute approximate surface area is 78.8 Å². The SMILES string of the molecule is COC(C)=C(OC)c1ccccc1. The summed E-state index contributed by atoms with van der Waals surface area (Å²) in [6.07, 6.45) is 0. The molecule has 2 heteroatoms. The fraction of sp³-hybridized carbons (Fsp3) is 0.273. The van der Waals surface area contributed by atoms with Crippen molar-refractivity contribution in [1.82, 2.24) is 0 Å². The summed E-state index contributed by atoms with van der Waals surface area (Å²) < 4.78 is 10.4. The van der Waals surface area contributed by atoms with Crippen molar-refractivity contribution >= 4 is 5.76 Å². The molecule has 70 valence electrons. The lowest BCUT2D eigenvalue weighted by Crippen LogP contribution is -1.93. The first-order valence-corrected chi connectivity index (χ1v) is 4.14. The highest BCUT2D eigenvalue weighted by atomic mass is 16.5. The summed E-state index contributed by atoms with van der Waals surface area (Å²) in [6.45, 7) is 1.88. The summed E-state index contributed by atoms with van der Waals surface area (Å²) in [5.74, 6) is 1.57. The second-order valence-corrected chi connectivity index (χ2v) is 2.66. The van der Waals surface area contributed by atoms with Crippen LogP contribution in [-0.2, 0) is 9.47 Å². The van der Waals surface area contributed by atoms with Crippen molar-refractivity contribution in [1.29, 1.82) is 0 Å². The van der Waals surface area contributed by atoms with Crippen molar-refractivity contribution in [3.63, 3.8) is 0 Å². The largest absolute Gasteiger partial charge is 0.498 e. The molecule has 1 aromatic carbocycles. The maximum atomic E-state index is 5.24. The topological polar surface area (TPSA) is 18.5 Å². The minimum absolute atomic E-state index is 0.781. The molecule has 2 nitrogen and oxygen atoms in total. The van der Waals surface area contributed by atoms with E-state index in [1.807, 2.05) is 37.3 Å². The van der Waals surface area contributed by atoms with Crippen molar-refractivity contribution in [3.8, 4) is 0 Å². The Bertz CT molecular complexity index is 288. The van der Waals surface area contributed by atoms with Crippen LogP contribution in [0.1, 0.15) is 12.5 Å². The molecule has 0 aliphatic carbocycles. The summed E-state index contributed by atoms with van der Waals surface area (Å²) in [7, 11) is 3.28. The number of hydrogen-bond acceptors (Lipinski definition) is 2. The van der Waals surface area contributed by atoms with Gasteiger partial charge in [-0.15, -0.1) is 0 Å². The van der Waals surface area contributed by atoms with Gasteiger partial charge in [0.2, 0.25) is 0 Å². The van der Waals surface area contributed by atoms with Gasteiger partial charge in [0, 0.05) is 5.56 Å². The summed E-state index contributed by atoms with van der Waals surface area (Å²) in [5.41, 5.74) is 1.03. The molecule has 0 saturated carbocycles. The van der Waals surface area contributed by atoms with Gasteiger partial charge in [0.05, 0.1) is 14.2 Å². The van der Waals surface area contributed by atoms with Gasteiger partial charge in [-0.2, -0.15) is 0 Å². The molecule has 0 N–H and O–H groups in total. The number of methoxy groups -OCH3 is 2. The Morgan fingerprint density at radius 3 is 2.08 bits per heavy atom. The Balaban J connectivity index is 3.05. The van der Waals surface area contributed by atoms with Crippen LogP contribution >= 0.6 is 0 Å². The van der Waals surface area contributed by atoms with E-state index in [9.17, 15) is 0 Å². The van der Waals surface area contributed by atoms with Crippen molar-refractivity contribution < 1.29 is 9.47 Å². The molecule has 0 atom stereocenters. The van der Waals surface area contributed by atoms with Crippen molar-refractivity contribution in [3.05, 3.63) is 41.7 Å². The van der Waals surface area contributed by atoms with E-state index in [1.54, 1.807) is 14.2 Å². The summed E-state index contributed by atoms with van der Waals surface area (Å²) in [6, 6.07) is 9.89. The first kappa shape index (κ1) is 9.65. The van der Waals surface area contributed by atoms with E-state index in [4.69, 9.17) is 9.47 Å². The van der Waals surface area contributed by atoms with Gasteiger partial charge in [0.1, 0.15) is 5.76 Å². The minimum Gasteiger partial charge on any atom is -0.498 e. The van der Waals surface area contributed by atoms with Crippen LogP contribution in [0.4, 0.5) is 0 Å². The third-order valence-corrected chi connectivity index (χ3v) is 1.87. The van der Waals surface area contributed by atoms with Gasteiger partial charge in [-0.05, 0) is 6.92 Å². The van der Waals surface area contributed by atoms with Crippen molar-refractivity contribution in [2.45, 2.75) is 6.92 Å². The van der Waals surface area contributed by atoms with E-state index >= 15 is 0 Å². The minimum atomic E-state index is 0.781. The van der Waals surface area contributed by atoms with Crippen LogP contribution in [0.2, 0.25) is 0 Å². The number of rotatable bonds is 3. The number of benzene rings is 1. The van der Waals surface area contributed by atoms with E-state index in [2.05, 4.69) is 0 Å². The molecule has 0 heterocycles. The van der Waals surface area contributed by atoms with Crippen LogP contribution < -0.4 is 0 Å². The van der Waals surface area contributed by atoms with E-state index < -0.39 is 0 Å². The highest BCUT2D eigenvalue weighted by Gasteiger charge is 2.04. The monoisotopic (exact) mass is 178 g/mol. The Morgan fingerprint density at radius 2 is 1.62 bits per heavy atom. The second kappa shape index (κ2) is 4.55. The molecule has 0 radical (unpaired) electrons. The van der Waals surface area contributed by atoms with Crippen LogP contribution in [0.5, 0.6) is 0 Å². The Morgan fingerprint density at radius 1 is 1.00 bits per heavy atom. The summed E-state index contributed by atoms with van der Waals surface area (Å²) >= 11 is 0. The molecule has 0 spiro atoms. The Hall–Kier alpha value is -1.44. The molecule has 0 unspecified atom stereocenters. The van der Waals surface area contributed by atoms with Crippen LogP contribution in [0.3, 0.4) is 0 Å². The molecule has 0 aliphatic rings. The van der Waals surface area contributed by atoms with Crippen molar-refractivity contribution in [2.75, 3.05) is 14.2 Å². The highest BCUT2D eigenvalue weighted by Crippen LogP contribution is 2.18. The van der Waals surface area contributed by atoms with Crippen LogP contribution in [-0.4, -0.2) is 14.2 Å². The molecular weight excluding hydrogens is 164 g/mol. The lowest BCUT2D eigenvalue weighted by atomic mass is 10.2. The van der Waals surface area contributed by atoms with Crippen LogP contribution in [0, 0.1) is 0 Å². The maximum absolute atomic E-state index is 5.24. The molecule has 0 aromatic heterocycles. The lowest BCUT2D eigenvalue weighted by molar-refractivity contribution is 0.267. The van der Waals surface area contributed by atoms with E-state index in [0.717, 1.165) is 17.1 Å². The van der Waals surface area contributed by atoms with Gasteiger partial charge in [0.15, 0.2) is 5.76 Å². The molecule has 0 saturated heterocycles. The van der Waals surface area contributed by atoms with Gasteiger partial charge in [-0.1, -0.05) is 30.3 Å². The fourth-order valence-electron chi connectivity index (χ4n) is 1.15.